The molecule has 1 saturated heterocycles. The van der Waals surface area contributed by atoms with Crippen molar-refractivity contribution in [1.82, 2.24) is 10.2 Å². The van der Waals surface area contributed by atoms with Crippen LogP contribution in [0.1, 0.15) is 52.9 Å². The van der Waals surface area contributed by atoms with Gasteiger partial charge >= 0.3 is 0 Å². The summed E-state index contributed by atoms with van der Waals surface area (Å²) in [4.78, 5) is 2.63. The largest absolute Gasteiger partial charge is 0.311 e. The highest BCUT2D eigenvalue weighted by Gasteiger charge is 2.34. The fourth-order valence-corrected chi connectivity index (χ4v) is 4.41. The molecule has 0 amide bonds. The first-order valence-corrected chi connectivity index (χ1v) is 10.4. The molecule has 0 spiro atoms. The molecule has 0 radical (unpaired) electrons. The Balaban J connectivity index is 1.98. The Morgan fingerprint density at radius 1 is 1.19 bits per heavy atom. The second-order valence-electron chi connectivity index (χ2n) is 7.49. The molecule has 0 bridgehead atoms. The molecule has 4 heteroatoms. The highest BCUT2D eigenvalue weighted by Crippen LogP contribution is 2.29. The van der Waals surface area contributed by atoms with Crippen LogP contribution < -0.4 is 5.32 Å². The first-order chi connectivity index (χ1) is 9.99. The number of nitrogens with zero attached hydrogens (tertiary/aromatic N) is 1. The van der Waals surface area contributed by atoms with Crippen molar-refractivity contribution in [3.05, 3.63) is 0 Å². The number of hydrogen-bond acceptors (Lipinski definition) is 3. The Morgan fingerprint density at radius 3 is 2.43 bits per heavy atom. The zero-order valence-electron chi connectivity index (χ0n) is 14.3. The SMILES string of the molecule is CC(C)C1CNC(C2CCCCC2)CN1CC(C)S(C)=O. The summed E-state index contributed by atoms with van der Waals surface area (Å²) in [7, 11) is -0.718. The molecule has 1 saturated carbocycles. The first-order valence-electron chi connectivity index (χ1n) is 8.78. The molecule has 0 aromatic rings. The number of nitrogens with one attached hydrogen (secondary N) is 1. The lowest BCUT2D eigenvalue weighted by molar-refractivity contribution is 0.0732. The third-order valence-corrected chi connectivity index (χ3v) is 6.82. The average molecular weight is 315 g/mol. The smallest absolute Gasteiger partial charge is 0.0444 e. The van der Waals surface area contributed by atoms with Gasteiger partial charge in [-0.25, -0.2) is 0 Å². The normalized spacial score (nSPS) is 32.2. The van der Waals surface area contributed by atoms with Crippen molar-refractivity contribution in [1.29, 1.82) is 0 Å². The molecular formula is C17H34N2OS. The van der Waals surface area contributed by atoms with Gasteiger partial charge in [0.05, 0.1) is 0 Å². The predicted octanol–water partition coefficient (Wildman–Crippen LogP) is 2.63. The van der Waals surface area contributed by atoms with Crippen molar-refractivity contribution in [3.63, 3.8) is 0 Å². The van der Waals surface area contributed by atoms with Crippen molar-refractivity contribution in [3.8, 4) is 0 Å². The lowest BCUT2D eigenvalue weighted by Gasteiger charge is -2.46. The summed E-state index contributed by atoms with van der Waals surface area (Å²) in [6.45, 7) is 9.99. The Labute approximate surface area is 133 Å². The summed E-state index contributed by atoms with van der Waals surface area (Å²) < 4.78 is 11.7. The molecule has 2 fully saturated rings. The van der Waals surface area contributed by atoms with E-state index in [0.29, 0.717) is 18.0 Å². The lowest BCUT2D eigenvalue weighted by Crippen LogP contribution is -2.61. The molecule has 1 aliphatic heterocycles. The van der Waals surface area contributed by atoms with E-state index in [1.807, 2.05) is 6.26 Å². The standard InChI is InChI=1S/C17H34N2OS/c1-13(2)17-10-18-16(15-8-6-5-7-9-15)12-19(17)11-14(3)21(4)20/h13-18H,5-12H2,1-4H3. The van der Waals surface area contributed by atoms with Crippen LogP contribution in [-0.2, 0) is 10.8 Å². The molecule has 1 N–H and O–H groups in total. The van der Waals surface area contributed by atoms with E-state index in [1.54, 1.807) is 0 Å². The van der Waals surface area contributed by atoms with Crippen LogP contribution in [0.3, 0.4) is 0 Å². The highest BCUT2D eigenvalue weighted by molar-refractivity contribution is 7.84. The summed E-state index contributed by atoms with van der Waals surface area (Å²) in [6.07, 6.45) is 8.88. The molecule has 0 aromatic heterocycles. The van der Waals surface area contributed by atoms with Gasteiger partial charge in [-0.05, 0) is 31.6 Å². The Bertz CT molecular complexity index is 342. The van der Waals surface area contributed by atoms with Gasteiger partial charge in [-0.15, -0.1) is 0 Å². The molecule has 4 unspecified atom stereocenters. The van der Waals surface area contributed by atoms with Crippen LogP contribution in [-0.4, -0.2) is 52.3 Å². The van der Waals surface area contributed by atoms with Crippen molar-refractivity contribution in [2.75, 3.05) is 25.9 Å². The number of rotatable bonds is 5. The minimum absolute atomic E-state index is 0.274. The van der Waals surface area contributed by atoms with Gasteiger partial charge in [0.15, 0.2) is 0 Å². The van der Waals surface area contributed by atoms with Gasteiger partial charge in [-0.2, -0.15) is 0 Å². The van der Waals surface area contributed by atoms with E-state index in [1.165, 1.54) is 32.1 Å². The van der Waals surface area contributed by atoms with Crippen LogP contribution in [0.15, 0.2) is 0 Å². The van der Waals surface area contributed by atoms with Gasteiger partial charge in [0, 0.05) is 54.0 Å². The minimum Gasteiger partial charge on any atom is -0.311 e. The third-order valence-electron chi connectivity index (χ3n) is 5.54. The summed E-state index contributed by atoms with van der Waals surface area (Å²) >= 11 is 0. The molecule has 1 aliphatic carbocycles. The van der Waals surface area contributed by atoms with Crippen molar-refractivity contribution < 1.29 is 4.21 Å². The molecule has 4 atom stereocenters. The predicted molar refractivity (Wildman–Crippen MR) is 92.1 cm³/mol. The highest BCUT2D eigenvalue weighted by atomic mass is 32.2. The van der Waals surface area contributed by atoms with Crippen LogP contribution in [0.5, 0.6) is 0 Å². The number of hydrogen-bond donors (Lipinski definition) is 1. The van der Waals surface area contributed by atoms with Crippen LogP contribution in [0, 0.1) is 11.8 Å². The second kappa shape index (κ2) is 8.07. The van der Waals surface area contributed by atoms with Gasteiger partial charge in [-0.1, -0.05) is 33.1 Å². The van der Waals surface area contributed by atoms with Crippen molar-refractivity contribution in [2.45, 2.75) is 70.2 Å². The Morgan fingerprint density at radius 2 is 1.86 bits per heavy atom. The third kappa shape index (κ3) is 4.77. The van der Waals surface area contributed by atoms with Crippen LogP contribution >= 0.6 is 0 Å². The van der Waals surface area contributed by atoms with Crippen molar-refractivity contribution in [2.24, 2.45) is 11.8 Å². The first kappa shape index (κ1) is 17.4. The van der Waals surface area contributed by atoms with E-state index in [2.05, 4.69) is 31.0 Å². The van der Waals surface area contributed by atoms with E-state index >= 15 is 0 Å². The average Bonchev–Trinajstić information content (AvgIpc) is 2.47. The molecule has 124 valence electrons. The van der Waals surface area contributed by atoms with Crippen LogP contribution in [0.4, 0.5) is 0 Å². The second-order valence-corrected chi connectivity index (χ2v) is 9.29. The zero-order chi connectivity index (χ0) is 15.4. The maximum absolute atomic E-state index is 11.7. The van der Waals surface area contributed by atoms with E-state index in [0.717, 1.165) is 25.6 Å². The maximum Gasteiger partial charge on any atom is 0.0444 e. The van der Waals surface area contributed by atoms with E-state index < -0.39 is 10.8 Å². The van der Waals surface area contributed by atoms with Gasteiger partial charge in [0.25, 0.3) is 0 Å². The van der Waals surface area contributed by atoms with E-state index in [-0.39, 0.29) is 5.25 Å². The van der Waals surface area contributed by atoms with E-state index in [9.17, 15) is 4.21 Å². The van der Waals surface area contributed by atoms with Gasteiger partial charge in [0.1, 0.15) is 0 Å². The molecule has 3 nitrogen and oxygen atoms in total. The molecule has 2 aliphatic rings. The van der Waals surface area contributed by atoms with Crippen LogP contribution in [0.25, 0.3) is 0 Å². The van der Waals surface area contributed by atoms with Gasteiger partial charge in [-0.3, -0.25) is 9.11 Å². The quantitative estimate of drug-likeness (QED) is 0.847. The topological polar surface area (TPSA) is 32.3 Å². The lowest BCUT2D eigenvalue weighted by atomic mass is 9.82. The maximum atomic E-state index is 11.7. The Kier molecular flexibility index (Phi) is 6.70. The number of piperazine rings is 1. The summed E-state index contributed by atoms with van der Waals surface area (Å²) in [6, 6.07) is 1.24. The zero-order valence-corrected chi connectivity index (χ0v) is 15.1. The fraction of sp³-hybridized carbons (Fsp3) is 1.00. The molecular weight excluding hydrogens is 280 g/mol. The van der Waals surface area contributed by atoms with Crippen molar-refractivity contribution >= 4 is 10.8 Å². The van der Waals surface area contributed by atoms with Gasteiger partial charge < -0.3 is 5.32 Å². The van der Waals surface area contributed by atoms with Gasteiger partial charge in [0.2, 0.25) is 0 Å². The monoisotopic (exact) mass is 314 g/mol. The summed E-state index contributed by atoms with van der Waals surface area (Å²) in [5.41, 5.74) is 0. The molecule has 21 heavy (non-hydrogen) atoms. The molecule has 2 rings (SSSR count). The minimum atomic E-state index is -0.718. The summed E-state index contributed by atoms with van der Waals surface area (Å²) in [5.74, 6) is 1.51. The fourth-order valence-electron chi connectivity index (χ4n) is 4.01. The van der Waals surface area contributed by atoms with E-state index in [4.69, 9.17) is 0 Å². The summed E-state index contributed by atoms with van der Waals surface area (Å²) in [5, 5.41) is 4.11. The Hall–Kier alpha value is 0.0700. The molecule has 0 aromatic carbocycles. The molecule has 1 heterocycles. The van der Waals surface area contributed by atoms with Crippen LogP contribution in [0.2, 0.25) is 0 Å².